The van der Waals surface area contributed by atoms with E-state index in [1.54, 1.807) is 35.9 Å². The van der Waals surface area contributed by atoms with E-state index in [4.69, 9.17) is 10.7 Å². The molecule has 2 fully saturated rings. The molecule has 27 heavy (non-hydrogen) atoms. The number of thiophene rings is 1. The smallest absolute Gasteiger partial charge is 0.147 e. The predicted octanol–water partition coefficient (Wildman–Crippen LogP) is 3.74. The van der Waals surface area contributed by atoms with Crippen LogP contribution in [-0.2, 0) is 0 Å². The van der Waals surface area contributed by atoms with Gasteiger partial charge >= 0.3 is 0 Å². The van der Waals surface area contributed by atoms with Crippen molar-refractivity contribution < 1.29 is 4.39 Å². The lowest BCUT2D eigenvalue weighted by molar-refractivity contribution is 0.303. The second-order valence-corrected chi connectivity index (χ2v) is 9.21. The molecule has 8 heteroatoms. The van der Waals surface area contributed by atoms with E-state index in [-0.39, 0.29) is 5.69 Å². The number of nitrogens with one attached hydrogen (secondary N) is 1. The summed E-state index contributed by atoms with van der Waals surface area (Å²) in [5.41, 5.74) is 7.57. The van der Waals surface area contributed by atoms with E-state index in [1.165, 1.54) is 23.9 Å². The van der Waals surface area contributed by atoms with E-state index < -0.39 is 5.82 Å². The normalized spacial score (nSPS) is 22.4. The number of thiazole rings is 1. The molecule has 1 aromatic carbocycles. The summed E-state index contributed by atoms with van der Waals surface area (Å²) in [5.74, 6) is -0.433. The lowest BCUT2D eigenvalue weighted by atomic mass is 9.84. The van der Waals surface area contributed by atoms with E-state index in [9.17, 15) is 4.39 Å². The van der Waals surface area contributed by atoms with E-state index in [1.807, 2.05) is 6.07 Å². The van der Waals surface area contributed by atoms with Gasteiger partial charge in [0.1, 0.15) is 15.7 Å². The van der Waals surface area contributed by atoms with Gasteiger partial charge < -0.3 is 16.0 Å². The van der Waals surface area contributed by atoms with Crippen molar-refractivity contribution in [3.63, 3.8) is 0 Å². The summed E-state index contributed by atoms with van der Waals surface area (Å²) in [6.07, 6.45) is 4.05. The van der Waals surface area contributed by atoms with E-state index >= 15 is 0 Å². The Hall–Kier alpha value is -2.03. The Balaban J connectivity index is 1.49. The Morgan fingerprint density at radius 2 is 2.22 bits per heavy atom. The number of hydrogen-bond donors (Lipinski definition) is 2. The van der Waals surface area contributed by atoms with Crippen molar-refractivity contribution >= 4 is 49.1 Å². The number of benzene rings is 1. The molecule has 1 atom stereocenters. The summed E-state index contributed by atoms with van der Waals surface area (Å²) in [6.45, 7) is 3.29. The molecule has 5 nitrogen and oxygen atoms in total. The molecular weight excluding hydrogens is 381 g/mol. The zero-order chi connectivity index (χ0) is 18.6. The van der Waals surface area contributed by atoms with Crippen LogP contribution in [0.15, 0.2) is 23.2 Å². The van der Waals surface area contributed by atoms with Gasteiger partial charge in [0.2, 0.25) is 0 Å². The molecule has 5 rings (SSSR count). The third-order valence-electron chi connectivity index (χ3n) is 5.61. The van der Waals surface area contributed by atoms with Gasteiger partial charge in [-0.25, -0.2) is 9.37 Å². The maximum absolute atomic E-state index is 14.2. The van der Waals surface area contributed by atoms with E-state index in [0.717, 1.165) is 39.7 Å². The van der Waals surface area contributed by atoms with Crippen LogP contribution < -0.4 is 16.0 Å². The Morgan fingerprint density at radius 1 is 1.33 bits per heavy atom. The van der Waals surface area contributed by atoms with Gasteiger partial charge in [0.25, 0.3) is 0 Å². The number of nitrogens with zero attached hydrogens (tertiary/aromatic N) is 3. The van der Waals surface area contributed by atoms with Gasteiger partial charge in [-0.05, 0) is 37.6 Å². The second-order valence-electron chi connectivity index (χ2n) is 7.17. The molecule has 1 unspecified atom stereocenters. The van der Waals surface area contributed by atoms with Crippen LogP contribution in [0.3, 0.4) is 0 Å². The average molecular weight is 402 g/mol. The Kier molecular flexibility index (Phi) is 3.96. The molecule has 4 heterocycles. The largest absolute Gasteiger partial charge is 0.396 e. The Morgan fingerprint density at radius 3 is 2.89 bits per heavy atom. The Labute approximate surface area is 164 Å². The van der Waals surface area contributed by atoms with Gasteiger partial charge in [0.05, 0.1) is 20.9 Å². The fourth-order valence-electron chi connectivity index (χ4n) is 4.05. The number of aromatic nitrogens is 1. The van der Waals surface area contributed by atoms with Crippen molar-refractivity contribution in [2.75, 3.05) is 37.3 Å². The third kappa shape index (κ3) is 2.66. The summed E-state index contributed by atoms with van der Waals surface area (Å²) in [7, 11) is 1.65. The monoisotopic (exact) mass is 401 g/mol. The van der Waals surface area contributed by atoms with Crippen LogP contribution in [0.2, 0.25) is 0 Å². The van der Waals surface area contributed by atoms with Crippen LogP contribution >= 0.6 is 22.7 Å². The predicted molar refractivity (Wildman–Crippen MR) is 113 cm³/mol. The van der Waals surface area contributed by atoms with Gasteiger partial charge in [-0.15, -0.1) is 11.3 Å². The molecule has 3 N–H and O–H groups in total. The first-order valence-corrected chi connectivity index (χ1v) is 10.6. The number of fused-ring (bicyclic) bond motifs is 1. The van der Waals surface area contributed by atoms with Gasteiger partial charge in [-0.3, -0.25) is 4.99 Å². The topological polar surface area (TPSA) is 66.5 Å². The Bertz CT molecular complexity index is 1020. The minimum Gasteiger partial charge on any atom is -0.396 e. The zero-order valence-electron chi connectivity index (χ0n) is 15.0. The first-order valence-electron chi connectivity index (χ1n) is 9.00. The third-order valence-corrected chi connectivity index (χ3v) is 7.85. The highest BCUT2D eigenvalue weighted by Gasteiger charge is 2.47. The van der Waals surface area contributed by atoms with Gasteiger partial charge in [0, 0.05) is 37.5 Å². The molecule has 0 bridgehead atoms. The highest BCUT2D eigenvalue weighted by atomic mass is 32.1. The fraction of sp³-hybridized carbons (Fsp3) is 0.368. The maximum Gasteiger partial charge on any atom is 0.147 e. The van der Waals surface area contributed by atoms with Crippen LogP contribution in [0.1, 0.15) is 18.4 Å². The number of hydrogen-bond acceptors (Lipinski definition) is 7. The molecule has 0 radical (unpaired) electrons. The summed E-state index contributed by atoms with van der Waals surface area (Å²) in [5, 5.41) is 5.60. The van der Waals surface area contributed by atoms with Crippen LogP contribution in [0.25, 0.3) is 20.1 Å². The zero-order valence-corrected chi connectivity index (χ0v) is 16.6. The number of rotatable bonds is 3. The molecule has 140 valence electrons. The van der Waals surface area contributed by atoms with Crippen molar-refractivity contribution in [1.82, 2.24) is 10.3 Å². The van der Waals surface area contributed by atoms with Crippen molar-refractivity contribution in [3.8, 4) is 10.6 Å². The number of halogens is 1. The highest BCUT2D eigenvalue weighted by Crippen LogP contribution is 2.46. The summed E-state index contributed by atoms with van der Waals surface area (Å²) in [4.78, 5) is 12.3. The first-order chi connectivity index (χ1) is 13.1. The number of nitrogens with two attached hydrogens (primary N) is 1. The number of aliphatic imine (C=N–C) groups is 1. The summed E-state index contributed by atoms with van der Waals surface area (Å²) < 4.78 is 15.4. The van der Waals surface area contributed by atoms with Crippen molar-refractivity contribution in [2.45, 2.75) is 18.4 Å². The van der Waals surface area contributed by atoms with E-state index in [0.29, 0.717) is 11.1 Å². The van der Waals surface area contributed by atoms with Crippen molar-refractivity contribution in [1.29, 1.82) is 0 Å². The molecular formula is C19H20FN5S2. The van der Waals surface area contributed by atoms with Gasteiger partial charge in [-0.2, -0.15) is 0 Å². The minimum absolute atomic E-state index is 0.123. The molecule has 2 saturated heterocycles. The molecule has 3 aromatic rings. The molecule has 2 aliphatic heterocycles. The van der Waals surface area contributed by atoms with Gasteiger partial charge in [-0.1, -0.05) is 11.3 Å². The minimum atomic E-state index is -0.433. The molecule has 0 saturated carbocycles. The number of nitrogen functional groups attached to an aromatic ring is 1. The summed E-state index contributed by atoms with van der Waals surface area (Å²) >= 11 is 3.33. The SMILES string of the molecule is CN=Cc1cc(-c2nc3sc(N4CCC45CCNC5)cc3s2)cc(F)c1N. The lowest BCUT2D eigenvalue weighted by Gasteiger charge is -2.51. The lowest BCUT2D eigenvalue weighted by Crippen LogP contribution is -2.61. The van der Waals surface area contributed by atoms with Gasteiger partial charge in [0.15, 0.2) is 0 Å². The van der Waals surface area contributed by atoms with Crippen molar-refractivity contribution in [2.24, 2.45) is 4.99 Å². The summed E-state index contributed by atoms with van der Waals surface area (Å²) in [6, 6.07) is 5.55. The van der Waals surface area contributed by atoms with Crippen LogP contribution in [0.5, 0.6) is 0 Å². The molecule has 2 aromatic heterocycles. The first kappa shape index (κ1) is 17.1. The van der Waals surface area contributed by atoms with Crippen LogP contribution in [0.4, 0.5) is 15.1 Å². The molecule has 2 aliphatic rings. The van der Waals surface area contributed by atoms with Crippen LogP contribution in [-0.4, -0.2) is 43.4 Å². The standard InChI is InChI=1S/C19H20FN5S2/c1-22-9-12-6-11(7-13(20)16(12)21)17-24-18-14(26-17)8-15(27-18)25-5-3-19(25)2-4-23-10-19/h6-9,23H,2-5,10,21H2,1H3. The highest BCUT2D eigenvalue weighted by molar-refractivity contribution is 7.30. The molecule has 0 amide bonds. The van der Waals surface area contributed by atoms with Crippen molar-refractivity contribution in [3.05, 3.63) is 29.6 Å². The maximum atomic E-state index is 14.2. The average Bonchev–Trinajstić information content (AvgIpc) is 3.33. The molecule has 1 spiro atoms. The van der Waals surface area contributed by atoms with Crippen LogP contribution in [0, 0.1) is 5.82 Å². The number of anilines is 2. The fourth-order valence-corrected chi connectivity index (χ4v) is 6.38. The van der Waals surface area contributed by atoms with E-state index in [2.05, 4.69) is 21.3 Å². The second kappa shape index (κ2) is 6.25. The molecule has 0 aliphatic carbocycles. The quantitative estimate of drug-likeness (QED) is 0.518.